The van der Waals surface area contributed by atoms with E-state index in [4.69, 9.17) is 4.74 Å². The van der Waals surface area contributed by atoms with Crippen molar-refractivity contribution >= 4 is 15.9 Å². The molecule has 0 aromatic carbocycles. The molecule has 1 aliphatic rings. The Morgan fingerprint density at radius 2 is 1.95 bits per heavy atom. The average Bonchev–Trinajstić information content (AvgIpc) is 2.35. The topological polar surface area (TPSA) is 96.5 Å². The predicted octanol–water partition coefficient (Wildman–Crippen LogP) is -0.411. The summed E-state index contributed by atoms with van der Waals surface area (Å²) >= 11 is 0. The molecule has 0 spiro atoms. The highest BCUT2D eigenvalue weighted by atomic mass is 32.2. The summed E-state index contributed by atoms with van der Waals surface area (Å²) in [5.74, 6) is -0.132. The first-order valence-electron chi connectivity index (χ1n) is 7.26. The van der Waals surface area contributed by atoms with Crippen LogP contribution in [-0.4, -0.2) is 58.5 Å². The molecule has 1 saturated heterocycles. The van der Waals surface area contributed by atoms with Gasteiger partial charge in [-0.1, -0.05) is 0 Å². The maximum atomic E-state index is 11.7. The van der Waals surface area contributed by atoms with E-state index in [2.05, 4.69) is 15.4 Å². The maximum Gasteiger partial charge on any atom is 0.222 e. The quantitative estimate of drug-likeness (QED) is 0.565. The fourth-order valence-corrected chi connectivity index (χ4v) is 3.30. The molecule has 3 N–H and O–H groups in total. The van der Waals surface area contributed by atoms with Gasteiger partial charge in [0.2, 0.25) is 15.9 Å². The Kier molecular flexibility index (Phi) is 7.05. The number of sulfonamides is 1. The van der Waals surface area contributed by atoms with Crippen LogP contribution in [0, 0.1) is 0 Å². The Labute approximate surface area is 127 Å². The van der Waals surface area contributed by atoms with Gasteiger partial charge in [0, 0.05) is 18.5 Å². The zero-order valence-corrected chi connectivity index (χ0v) is 13.9. The Bertz CT molecular complexity index is 431. The van der Waals surface area contributed by atoms with Gasteiger partial charge >= 0.3 is 0 Å². The van der Waals surface area contributed by atoms with Crippen molar-refractivity contribution in [3.8, 4) is 0 Å². The van der Waals surface area contributed by atoms with Crippen molar-refractivity contribution in [1.29, 1.82) is 0 Å². The Morgan fingerprint density at radius 3 is 2.52 bits per heavy atom. The largest absolute Gasteiger partial charge is 0.378 e. The van der Waals surface area contributed by atoms with E-state index in [0.29, 0.717) is 13.0 Å². The summed E-state index contributed by atoms with van der Waals surface area (Å²) in [5.41, 5.74) is -0.709. The number of rotatable bonds is 8. The molecule has 0 aliphatic carbocycles. The van der Waals surface area contributed by atoms with Crippen molar-refractivity contribution in [3.63, 3.8) is 0 Å². The zero-order valence-electron chi connectivity index (χ0n) is 13.1. The van der Waals surface area contributed by atoms with Crippen LogP contribution < -0.4 is 15.4 Å². The predicted molar refractivity (Wildman–Crippen MR) is 81.5 cm³/mol. The van der Waals surface area contributed by atoms with Crippen LogP contribution in [-0.2, 0) is 19.6 Å². The van der Waals surface area contributed by atoms with Gasteiger partial charge in [0.15, 0.2) is 0 Å². The standard InChI is InChI=1S/C13H27N3O4S/c1-13(2,16-21(3,18)19)10-15-12(17)6-9-20-11-4-7-14-8-5-11/h11,14,16H,4-10H2,1-3H3,(H,15,17). The summed E-state index contributed by atoms with van der Waals surface area (Å²) < 4.78 is 30.5. The number of ether oxygens (including phenoxy) is 1. The summed E-state index contributed by atoms with van der Waals surface area (Å²) in [5, 5.41) is 5.98. The van der Waals surface area contributed by atoms with E-state index in [1.54, 1.807) is 13.8 Å². The molecule has 0 aromatic heterocycles. The fraction of sp³-hybridized carbons (Fsp3) is 0.923. The van der Waals surface area contributed by atoms with E-state index in [-0.39, 0.29) is 18.6 Å². The highest BCUT2D eigenvalue weighted by Gasteiger charge is 2.22. The lowest BCUT2D eigenvalue weighted by Gasteiger charge is -2.25. The third kappa shape index (κ3) is 9.02. The molecule has 0 saturated carbocycles. The average molecular weight is 321 g/mol. The Hall–Kier alpha value is -0.700. The Morgan fingerprint density at radius 1 is 1.33 bits per heavy atom. The summed E-state index contributed by atoms with van der Waals surface area (Å²) in [6.07, 6.45) is 3.59. The highest BCUT2D eigenvalue weighted by Crippen LogP contribution is 2.07. The summed E-state index contributed by atoms with van der Waals surface area (Å²) in [4.78, 5) is 11.7. The van der Waals surface area contributed by atoms with Crippen LogP contribution in [0.5, 0.6) is 0 Å². The molecule has 1 heterocycles. The highest BCUT2D eigenvalue weighted by molar-refractivity contribution is 7.88. The summed E-state index contributed by atoms with van der Waals surface area (Å²) in [7, 11) is -3.29. The van der Waals surface area contributed by atoms with E-state index in [1.807, 2.05) is 0 Å². The molecule has 1 aliphatic heterocycles. The van der Waals surface area contributed by atoms with Crippen LogP contribution in [0.2, 0.25) is 0 Å². The Balaban J connectivity index is 2.18. The zero-order chi connectivity index (χ0) is 15.9. The monoisotopic (exact) mass is 321 g/mol. The molecule has 1 rings (SSSR count). The lowest BCUT2D eigenvalue weighted by Crippen LogP contribution is -2.51. The third-order valence-electron chi connectivity index (χ3n) is 3.16. The second-order valence-corrected chi connectivity index (χ2v) is 7.85. The molecule has 8 heteroatoms. The molecule has 0 atom stereocenters. The lowest BCUT2D eigenvalue weighted by atomic mass is 10.1. The van der Waals surface area contributed by atoms with Crippen molar-refractivity contribution in [2.24, 2.45) is 0 Å². The van der Waals surface area contributed by atoms with E-state index < -0.39 is 15.6 Å². The van der Waals surface area contributed by atoms with E-state index in [0.717, 1.165) is 32.2 Å². The minimum absolute atomic E-state index is 0.132. The normalized spacial score (nSPS) is 17.7. The molecule has 0 unspecified atom stereocenters. The molecule has 7 nitrogen and oxygen atoms in total. The minimum atomic E-state index is -3.29. The van der Waals surface area contributed by atoms with Crippen LogP contribution in [0.25, 0.3) is 0 Å². The number of amides is 1. The number of nitrogens with one attached hydrogen (secondary N) is 3. The first kappa shape index (κ1) is 18.3. The van der Waals surface area contributed by atoms with Gasteiger partial charge in [0.1, 0.15) is 0 Å². The van der Waals surface area contributed by atoms with Crippen LogP contribution in [0.3, 0.4) is 0 Å². The number of carbonyl (C=O) groups excluding carboxylic acids is 1. The van der Waals surface area contributed by atoms with Crippen molar-refractivity contribution < 1.29 is 17.9 Å². The van der Waals surface area contributed by atoms with Crippen molar-refractivity contribution in [3.05, 3.63) is 0 Å². The third-order valence-corrected chi connectivity index (χ3v) is 4.08. The van der Waals surface area contributed by atoms with Crippen LogP contribution in [0.1, 0.15) is 33.1 Å². The number of carbonyl (C=O) groups is 1. The molecule has 1 fully saturated rings. The van der Waals surface area contributed by atoms with Crippen LogP contribution in [0.4, 0.5) is 0 Å². The number of hydrogen-bond acceptors (Lipinski definition) is 5. The maximum absolute atomic E-state index is 11.7. The van der Waals surface area contributed by atoms with Crippen molar-refractivity contribution in [2.75, 3.05) is 32.5 Å². The first-order chi connectivity index (χ1) is 9.68. The SMILES string of the molecule is CC(C)(CNC(=O)CCOC1CCNCC1)NS(C)(=O)=O. The van der Waals surface area contributed by atoms with Gasteiger partial charge in [-0.25, -0.2) is 13.1 Å². The van der Waals surface area contributed by atoms with E-state index >= 15 is 0 Å². The number of hydrogen-bond donors (Lipinski definition) is 3. The fourth-order valence-electron chi connectivity index (χ4n) is 2.23. The minimum Gasteiger partial charge on any atom is -0.378 e. The van der Waals surface area contributed by atoms with Gasteiger partial charge in [-0.2, -0.15) is 0 Å². The molecule has 124 valence electrons. The molecule has 21 heavy (non-hydrogen) atoms. The number of piperidine rings is 1. The molecular weight excluding hydrogens is 294 g/mol. The van der Waals surface area contributed by atoms with Crippen molar-refractivity contribution in [1.82, 2.24) is 15.4 Å². The molecule has 0 bridgehead atoms. The van der Waals surface area contributed by atoms with Crippen molar-refractivity contribution in [2.45, 2.75) is 44.8 Å². The van der Waals surface area contributed by atoms with Gasteiger partial charge in [-0.15, -0.1) is 0 Å². The van der Waals surface area contributed by atoms with Crippen LogP contribution in [0.15, 0.2) is 0 Å². The van der Waals surface area contributed by atoms with Gasteiger partial charge < -0.3 is 15.4 Å². The van der Waals surface area contributed by atoms with Gasteiger partial charge in [-0.3, -0.25) is 4.79 Å². The molecular formula is C13H27N3O4S. The lowest BCUT2D eigenvalue weighted by molar-refractivity contribution is -0.123. The van der Waals surface area contributed by atoms with E-state index in [9.17, 15) is 13.2 Å². The first-order valence-corrected chi connectivity index (χ1v) is 9.15. The summed E-state index contributed by atoms with van der Waals surface area (Å²) in [6.45, 7) is 6.01. The smallest absolute Gasteiger partial charge is 0.222 e. The molecule has 0 aromatic rings. The molecule has 1 amide bonds. The van der Waals surface area contributed by atoms with Gasteiger partial charge in [0.25, 0.3) is 0 Å². The second kappa shape index (κ2) is 8.07. The van der Waals surface area contributed by atoms with Crippen LogP contribution >= 0.6 is 0 Å². The van der Waals surface area contributed by atoms with Gasteiger partial charge in [-0.05, 0) is 39.8 Å². The van der Waals surface area contributed by atoms with Gasteiger partial charge in [0.05, 0.1) is 19.0 Å². The summed E-state index contributed by atoms with van der Waals surface area (Å²) in [6, 6.07) is 0. The van der Waals surface area contributed by atoms with E-state index in [1.165, 1.54) is 0 Å². The molecule has 0 radical (unpaired) electrons. The second-order valence-electron chi connectivity index (χ2n) is 6.10.